The number of methoxy groups -OCH3 is 1. The quantitative estimate of drug-likeness (QED) is 0.866. The average Bonchev–Trinajstić information content (AvgIpc) is 2.97. The maximum absolute atomic E-state index is 5.51. The van der Waals surface area contributed by atoms with Crippen molar-refractivity contribution in [3.63, 3.8) is 0 Å². The third-order valence-corrected chi connectivity index (χ3v) is 3.95. The average molecular weight is 233 g/mol. The van der Waals surface area contributed by atoms with Crippen LogP contribution in [-0.4, -0.2) is 29.2 Å². The van der Waals surface area contributed by atoms with E-state index < -0.39 is 0 Å². The highest BCUT2D eigenvalue weighted by Crippen LogP contribution is 2.29. The number of anilines is 1. The van der Waals surface area contributed by atoms with Gasteiger partial charge >= 0.3 is 0 Å². The number of hydrogen-bond donors (Lipinski definition) is 1. The van der Waals surface area contributed by atoms with Crippen LogP contribution in [0.4, 0.5) is 5.82 Å². The Hall–Kier alpha value is -1.16. The van der Waals surface area contributed by atoms with Gasteiger partial charge < -0.3 is 10.1 Å². The van der Waals surface area contributed by atoms with Crippen LogP contribution in [-0.2, 0) is 17.6 Å². The molecule has 4 nitrogen and oxygen atoms in total. The molecule has 1 aromatic rings. The van der Waals surface area contributed by atoms with E-state index in [0.717, 1.165) is 25.1 Å². The lowest BCUT2D eigenvalue weighted by Crippen LogP contribution is -2.30. The number of aryl methyl sites for hydroxylation is 1. The summed E-state index contributed by atoms with van der Waals surface area (Å²) in [6.07, 6.45) is 9.02. The van der Waals surface area contributed by atoms with Crippen LogP contribution in [0, 0.1) is 0 Å². The summed E-state index contributed by atoms with van der Waals surface area (Å²) in [5.74, 6) is 1.04. The highest BCUT2D eigenvalue weighted by atomic mass is 16.5. The van der Waals surface area contributed by atoms with E-state index in [1.54, 1.807) is 13.4 Å². The van der Waals surface area contributed by atoms with Crippen molar-refractivity contribution in [2.75, 3.05) is 12.4 Å². The van der Waals surface area contributed by atoms with Gasteiger partial charge in [0.15, 0.2) is 0 Å². The Morgan fingerprint density at radius 2 is 2.18 bits per heavy atom. The van der Waals surface area contributed by atoms with Gasteiger partial charge in [-0.15, -0.1) is 0 Å². The van der Waals surface area contributed by atoms with Crippen molar-refractivity contribution < 1.29 is 4.74 Å². The lowest BCUT2D eigenvalue weighted by Gasteiger charge is -2.21. The van der Waals surface area contributed by atoms with Gasteiger partial charge in [0.05, 0.1) is 12.1 Å². The Bertz CT molecular complexity index is 408. The van der Waals surface area contributed by atoms with E-state index in [9.17, 15) is 0 Å². The Kier molecular flexibility index (Phi) is 2.97. The topological polar surface area (TPSA) is 47.0 Å². The van der Waals surface area contributed by atoms with Gasteiger partial charge in [0.25, 0.3) is 0 Å². The highest BCUT2D eigenvalue weighted by molar-refractivity contribution is 5.48. The number of nitrogens with one attached hydrogen (secondary N) is 1. The summed E-state index contributed by atoms with van der Waals surface area (Å²) in [7, 11) is 1.80. The van der Waals surface area contributed by atoms with Crippen molar-refractivity contribution in [1.82, 2.24) is 9.97 Å². The maximum Gasteiger partial charge on any atom is 0.133 e. The van der Waals surface area contributed by atoms with Gasteiger partial charge in [0.2, 0.25) is 0 Å². The van der Waals surface area contributed by atoms with Gasteiger partial charge in [-0.1, -0.05) is 0 Å². The van der Waals surface area contributed by atoms with Crippen molar-refractivity contribution in [2.45, 2.75) is 50.7 Å². The number of nitrogens with zero attached hydrogens (tertiary/aromatic N) is 2. The Labute approximate surface area is 102 Å². The van der Waals surface area contributed by atoms with Crippen molar-refractivity contribution in [3.8, 4) is 0 Å². The van der Waals surface area contributed by atoms with Crippen molar-refractivity contribution in [1.29, 1.82) is 0 Å². The fourth-order valence-electron chi connectivity index (χ4n) is 3.03. The van der Waals surface area contributed by atoms with Crippen molar-refractivity contribution in [2.24, 2.45) is 0 Å². The molecule has 0 aliphatic heterocycles. The molecule has 0 aromatic carbocycles. The van der Waals surface area contributed by atoms with E-state index in [-0.39, 0.29) is 0 Å². The van der Waals surface area contributed by atoms with Crippen molar-refractivity contribution in [3.05, 3.63) is 17.6 Å². The van der Waals surface area contributed by atoms with Crippen LogP contribution in [0.25, 0.3) is 0 Å². The van der Waals surface area contributed by atoms with Crippen LogP contribution in [0.2, 0.25) is 0 Å². The zero-order valence-corrected chi connectivity index (χ0v) is 10.3. The molecule has 17 heavy (non-hydrogen) atoms. The first kappa shape index (κ1) is 11.0. The largest absolute Gasteiger partial charge is 0.379 e. The summed E-state index contributed by atoms with van der Waals surface area (Å²) in [5.41, 5.74) is 2.56. The van der Waals surface area contributed by atoms with E-state index in [4.69, 9.17) is 4.74 Å². The first-order chi connectivity index (χ1) is 8.38. The highest BCUT2D eigenvalue weighted by Gasteiger charge is 2.28. The number of rotatable bonds is 3. The second kappa shape index (κ2) is 4.61. The van der Waals surface area contributed by atoms with Crippen LogP contribution >= 0.6 is 0 Å². The summed E-state index contributed by atoms with van der Waals surface area (Å²) in [5, 5.41) is 3.57. The summed E-state index contributed by atoms with van der Waals surface area (Å²) >= 11 is 0. The summed E-state index contributed by atoms with van der Waals surface area (Å²) in [6.45, 7) is 0. The molecule has 2 aliphatic carbocycles. The molecule has 2 atom stereocenters. The Morgan fingerprint density at radius 3 is 3.06 bits per heavy atom. The molecule has 1 N–H and O–H groups in total. The molecule has 0 saturated heterocycles. The molecule has 4 heteroatoms. The molecule has 0 bridgehead atoms. The third-order valence-electron chi connectivity index (χ3n) is 3.95. The second-order valence-electron chi connectivity index (χ2n) is 4.96. The van der Waals surface area contributed by atoms with Crippen molar-refractivity contribution >= 4 is 5.82 Å². The summed E-state index contributed by atoms with van der Waals surface area (Å²) in [4.78, 5) is 8.76. The molecule has 1 heterocycles. The lowest BCUT2D eigenvalue weighted by atomic mass is 10.2. The van der Waals surface area contributed by atoms with Gasteiger partial charge in [-0.25, -0.2) is 9.97 Å². The summed E-state index contributed by atoms with van der Waals surface area (Å²) in [6, 6.07) is 0.416. The Morgan fingerprint density at radius 1 is 1.24 bits per heavy atom. The number of ether oxygens (including phenoxy) is 1. The molecule has 0 radical (unpaired) electrons. The minimum absolute atomic E-state index is 0.335. The molecule has 0 spiro atoms. The van der Waals surface area contributed by atoms with Crippen LogP contribution in [0.5, 0.6) is 0 Å². The SMILES string of the molecule is COC1CCCC1Nc1ncnc2c1CCC2. The molecule has 0 amide bonds. The number of fused-ring (bicyclic) bond motifs is 1. The predicted octanol–water partition coefficient (Wildman–Crippen LogP) is 1.94. The van der Waals surface area contributed by atoms with E-state index in [1.165, 1.54) is 30.5 Å². The molecule has 92 valence electrons. The molecule has 2 aliphatic rings. The standard InChI is InChI=1S/C13H19N3O/c1-17-12-7-3-6-11(12)16-13-9-4-2-5-10(9)14-8-15-13/h8,11-12H,2-7H2,1H3,(H,14,15,16). The van der Waals surface area contributed by atoms with E-state index in [1.807, 2.05) is 0 Å². The second-order valence-corrected chi connectivity index (χ2v) is 4.96. The van der Waals surface area contributed by atoms with Gasteiger partial charge in [-0.2, -0.15) is 0 Å². The monoisotopic (exact) mass is 233 g/mol. The van der Waals surface area contributed by atoms with Gasteiger partial charge in [0, 0.05) is 18.4 Å². The van der Waals surface area contributed by atoms with E-state index in [2.05, 4.69) is 15.3 Å². The van der Waals surface area contributed by atoms with E-state index in [0.29, 0.717) is 12.1 Å². The van der Waals surface area contributed by atoms with Crippen LogP contribution in [0.1, 0.15) is 36.9 Å². The molecular formula is C13H19N3O. The van der Waals surface area contributed by atoms with E-state index >= 15 is 0 Å². The van der Waals surface area contributed by atoms with Gasteiger partial charge in [-0.05, 0) is 38.5 Å². The maximum atomic E-state index is 5.51. The van der Waals surface area contributed by atoms with Crippen LogP contribution in [0.3, 0.4) is 0 Å². The summed E-state index contributed by atoms with van der Waals surface area (Å²) < 4.78 is 5.51. The minimum Gasteiger partial charge on any atom is -0.379 e. The fraction of sp³-hybridized carbons (Fsp3) is 0.692. The zero-order valence-electron chi connectivity index (χ0n) is 10.3. The molecule has 1 fully saturated rings. The lowest BCUT2D eigenvalue weighted by molar-refractivity contribution is 0.101. The van der Waals surface area contributed by atoms with Gasteiger partial charge in [-0.3, -0.25) is 0 Å². The first-order valence-electron chi connectivity index (χ1n) is 6.50. The zero-order chi connectivity index (χ0) is 11.7. The smallest absolute Gasteiger partial charge is 0.133 e. The van der Waals surface area contributed by atoms with Crippen LogP contribution in [0.15, 0.2) is 6.33 Å². The fourth-order valence-corrected chi connectivity index (χ4v) is 3.03. The third kappa shape index (κ3) is 2.02. The molecule has 1 saturated carbocycles. The molecule has 2 unspecified atom stereocenters. The normalized spacial score (nSPS) is 27.1. The number of hydrogen-bond acceptors (Lipinski definition) is 4. The molecule has 3 rings (SSSR count). The molecule has 1 aromatic heterocycles. The molecular weight excluding hydrogens is 214 g/mol. The van der Waals surface area contributed by atoms with Crippen LogP contribution < -0.4 is 5.32 Å². The number of aromatic nitrogens is 2. The first-order valence-corrected chi connectivity index (χ1v) is 6.50. The minimum atomic E-state index is 0.335. The van der Waals surface area contributed by atoms with Gasteiger partial charge in [0.1, 0.15) is 12.1 Å². The predicted molar refractivity (Wildman–Crippen MR) is 66.1 cm³/mol. The Balaban J connectivity index is 1.79.